The summed E-state index contributed by atoms with van der Waals surface area (Å²) in [5.41, 5.74) is 0. The van der Waals surface area contributed by atoms with Crippen LogP contribution in [0.4, 0.5) is 0 Å². The number of fused-ring (bicyclic) bond motifs is 5. The average molecular weight is 190 g/mol. The van der Waals surface area contributed by atoms with Crippen LogP contribution in [0.2, 0.25) is 0 Å². The van der Waals surface area contributed by atoms with Crippen LogP contribution in [-0.2, 0) is 0 Å². The molecule has 0 spiro atoms. The molecule has 3 aliphatic carbocycles. The van der Waals surface area contributed by atoms with Crippen molar-refractivity contribution >= 4 is 0 Å². The first-order valence-electron chi connectivity index (χ1n) is 6.56. The van der Waals surface area contributed by atoms with Crippen molar-refractivity contribution in [3.63, 3.8) is 0 Å². The van der Waals surface area contributed by atoms with Crippen LogP contribution in [0.3, 0.4) is 0 Å². The molecule has 0 aliphatic heterocycles. The Morgan fingerprint density at radius 2 is 1.79 bits per heavy atom. The van der Waals surface area contributed by atoms with Gasteiger partial charge in [0, 0.05) is 0 Å². The molecule has 0 saturated heterocycles. The minimum Gasteiger partial charge on any atom is -0.0848 e. The molecule has 5 unspecified atom stereocenters. The molecule has 0 aromatic rings. The molecule has 2 bridgehead atoms. The van der Waals surface area contributed by atoms with Crippen molar-refractivity contribution in [1.29, 1.82) is 0 Å². The van der Waals surface area contributed by atoms with E-state index < -0.39 is 0 Å². The fourth-order valence-electron chi connectivity index (χ4n) is 4.41. The molecular weight excluding hydrogens is 168 g/mol. The van der Waals surface area contributed by atoms with E-state index in [4.69, 9.17) is 0 Å². The summed E-state index contributed by atoms with van der Waals surface area (Å²) in [4.78, 5) is 0. The van der Waals surface area contributed by atoms with Crippen LogP contribution in [0.15, 0.2) is 12.2 Å². The summed E-state index contributed by atoms with van der Waals surface area (Å²) >= 11 is 0. The molecule has 3 rings (SSSR count). The number of allylic oxidation sites excluding steroid dienone is 2. The second-order valence-corrected chi connectivity index (χ2v) is 5.74. The summed E-state index contributed by atoms with van der Waals surface area (Å²) in [5, 5.41) is 0. The predicted molar refractivity (Wildman–Crippen MR) is 60.0 cm³/mol. The van der Waals surface area contributed by atoms with Gasteiger partial charge < -0.3 is 0 Å². The van der Waals surface area contributed by atoms with Crippen LogP contribution in [0, 0.1) is 29.6 Å². The van der Waals surface area contributed by atoms with E-state index in [1.807, 2.05) is 0 Å². The minimum atomic E-state index is 0.990. The number of hydrogen-bond acceptors (Lipinski definition) is 0. The molecule has 78 valence electrons. The summed E-state index contributed by atoms with van der Waals surface area (Å²) in [7, 11) is 0. The van der Waals surface area contributed by atoms with Gasteiger partial charge in [0.15, 0.2) is 0 Å². The van der Waals surface area contributed by atoms with Crippen molar-refractivity contribution in [3.05, 3.63) is 12.2 Å². The first-order chi connectivity index (χ1) is 6.88. The van der Waals surface area contributed by atoms with Crippen molar-refractivity contribution in [2.24, 2.45) is 29.6 Å². The van der Waals surface area contributed by atoms with Gasteiger partial charge in [-0.1, -0.05) is 38.3 Å². The van der Waals surface area contributed by atoms with Crippen LogP contribution < -0.4 is 0 Å². The Kier molecular flexibility index (Phi) is 2.18. The zero-order valence-electron chi connectivity index (χ0n) is 9.28. The van der Waals surface area contributed by atoms with Gasteiger partial charge in [-0.15, -0.1) is 0 Å². The summed E-state index contributed by atoms with van der Waals surface area (Å²) < 4.78 is 0. The molecule has 5 atom stereocenters. The Morgan fingerprint density at radius 1 is 1.00 bits per heavy atom. The third-order valence-electron chi connectivity index (χ3n) is 5.01. The van der Waals surface area contributed by atoms with E-state index in [1.165, 1.54) is 25.7 Å². The Balaban J connectivity index is 1.70. The fraction of sp³-hybridized carbons (Fsp3) is 0.857. The topological polar surface area (TPSA) is 0 Å². The van der Waals surface area contributed by atoms with Crippen molar-refractivity contribution in [2.45, 2.75) is 45.4 Å². The monoisotopic (exact) mass is 190 g/mol. The smallest absolute Gasteiger partial charge is 0.0196 e. The molecule has 14 heavy (non-hydrogen) atoms. The van der Waals surface area contributed by atoms with E-state index >= 15 is 0 Å². The maximum atomic E-state index is 2.53. The van der Waals surface area contributed by atoms with Crippen molar-refractivity contribution in [1.82, 2.24) is 0 Å². The first-order valence-corrected chi connectivity index (χ1v) is 6.56. The van der Waals surface area contributed by atoms with Crippen molar-refractivity contribution in [3.8, 4) is 0 Å². The van der Waals surface area contributed by atoms with Crippen LogP contribution in [0.5, 0.6) is 0 Å². The molecule has 0 heteroatoms. The zero-order valence-corrected chi connectivity index (χ0v) is 9.28. The van der Waals surface area contributed by atoms with Crippen LogP contribution in [0.25, 0.3) is 0 Å². The molecule has 0 amide bonds. The summed E-state index contributed by atoms with van der Waals surface area (Å²) in [6.07, 6.45) is 14.1. The SMILES string of the molecule is CCCC1CCC2C3C=CC(C3)C2C1. The summed E-state index contributed by atoms with van der Waals surface area (Å²) in [6.45, 7) is 2.34. The second-order valence-electron chi connectivity index (χ2n) is 5.74. The van der Waals surface area contributed by atoms with Gasteiger partial charge in [0.1, 0.15) is 0 Å². The standard InChI is InChI=1S/C14H22/c1-2-3-10-4-7-13-11-5-6-12(9-11)14(13)8-10/h5-6,10-14H,2-4,7-9H2,1H3. The molecule has 2 saturated carbocycles. The maximum Gasteiger partial charge on any atom is -0.0196 e. The zero-order chi connectivity index (χ0) is 9.54. The third kappa shape index (κ3) is 1.26. The van der Waals surface area contributed by atoms with Crippen molar-refractivity contribution < 1.29 is 0 Å². The highest BCUT2D eigenvalue weighted by Crippen LogP contribution is 2.55. The lowest BCUT2D eigenvalue weighted by Gasteiger charge is -2.37. The molecule has 0 nitrogen and oxygen atoms in total. The highest BCUT2D eigenvalue weighted by molar-refractivity contribution is 5.14. The molecule has 3 aliphatic rings. The molecule has 0 heterocycles. The molecule has 0 aromatic carbocycles. The van der Waals surface area contributed by atoms with Crippen LogP contribution in [0.1, 0.15) is 45.4 Å². The van der Waals surface area contributed by atoms with Gasteiger partial charge in [-0.05, 0) is 48.9 Å². The molecular formula is C14H22. The quantitative estimate of drug-likeness (QED) is 0.577. The highest BCUT2D eigenvalue weighted by atomic mass is 14.5. The van der Waals surface area contributed by atoms with Gasteiger partial charge in [-0.25, -0.2) is 0 Å². The average Bonchev–Trinajstić information content (AvgIpc) is 2.78. The Hall–Kier alpha value is -0.260. The largest absolute Gasteiger partial charge is 0.0848 e. The third-order valence-corrected chi connectivity index (χ3v) is 5.01. The Labute approximate surface area is 87.8 Å². The fourth-order valence-corrected chi connectivity index (χ4v) is 4.41. The number of hydrogen-bond donors (Lipinski definition) is 0. The summed E-state index contributed by atoms with van der Waals surface area (Å²) in [6, 6.07) is 0. The first kappa shape index (κ1) is 9.00. The number of rotatable bonds is 2. The van der Waals surface area contributed by atoms with E-state index in [1.54, 1.807) is 12.8 Å². The van der Waals surface area contributed by atoms with E-state index in [0.717, 1.165) is 29.6 Å². The van der Waals surface area contributed by atoms with E-state index in [2.05, 4.69) is 19.1 Å². The second kappa shape index (κ2) is 3.40. The van der Waals surface area contributed by atoms with Gasteiger partial charge in [0.25, 0.3) is 0 Å². The lowest BCUT2D eigenvalue weighted by atomic mass is 9.68. The van der Waals surface area contributed by atoms with E-state index in [-0.39, 0.29) is 0 Å². The van der Waals surface area contributed by atoms with E-state index in [0.29, 0.717) is 0 Å². The lowest BCUT2D eigenvalue weighted by molar-refractivity contribution is 0.161. The highest BCUT2D eigenvalue weighted by Gasteiger charge is 2.46. The van der Waals surface area contributed by atoms with Gasteiger partial charge in [0.05, 0.1) is 0 Å². The normalized spacial score (nSPS) is 49.6. The van der Waals surface area contributed by atoms with Gasteiger partial charge in [-0.3, -0.25) is 0 Å². The lowest BCUT2D eigenvalue weighted by Crippen LogP contribution is -2.27. The molecule has 2 fully saturated rings. The molecule has 0 N–H and O–H groups in total. The van der Waals surface area contributed by atoms with Gasteiger partial charge in [0.2, 0.25) is 0 Å². The van der Waals surface area contributed by atoms with Gasteiger partial charge in [-0.2, -0.15) is 0 Å². The summed E-state index contributed by atoms with van der Waals surface area (Å²) in [5.74, 6) is 5.25. The Bertz CT molecular complexity index is 240. The molecule has 0 radical (unpaired) electrons. The van der Waals surface area contributed by atoms with Crippen LogP contribution in [-0.4, -0.2) is 0 Å². The van der Waals surface area contributed by atoms with E-state index in [9.17, 15) is 0 Å². The minimum absolute atomic E-state index is 0.990. The van der Waals surface area contributed by atoms with Crippen molar-refractivity contribution in [2.75, 3.05) is 0 Å². The van der Waals surface area contributed by atoms with Gasteiger partial charge >= 0.3 is 0 Å². The predicted octanol–water partition coefficient (Wildman–Crippen LogP) is 4.02. The molecule has 0 aromatic heterocycles. The Morgan fingerprint density at radius 3 is 2.57 bits per heavy atom. The maximum absolute atomic E-state index is 2.53. The van der Waals surface area contributed by atoms with Crippen LogP contribution >= 0.6 is 0 Å².